The summed E-state index contributed by atoms with van der Waals surface area (Å²) in [4.78, 5) is 13.4. The van der Waals surface area contributed by atoms with Crippen LogP contribution in [0.5, 0.6) is 0 Å². The molecule has 0 aromatic carbocycles. The Kier molecular flexibility index (Phi) is 5.32. The number of nitrogens with zero attached hydrogens (tertiary/aromatic N) is 1. The van der Waals surface area contributed by atoms with Crippen molar-refractivity contribution in [2.24, 2.45) is 5.92 Å². The highest BCUT2D eigenvalue weighted by atomic mass is 19.4. The van der Waals surface area contributed by atoms with E-state index in [-0.39, 0.29) is 38.1 Å². The van der Waals surface area contributed by atoms with Gasteiger partial charge in [-0.25, -0.2) is 4.79 Å². The van der Waals surface area contributed by atoms with Crippen LogP contribution in [-0.4, -0.2) is 60.7 Å². The molecule has 21 heavy (non-hydrogen) atoms. The van der Waals surface area contributed by atoms with Gasteiger partial charge in [0.05, 0.1) is 6.10 Å². The predicted octanol–water partition coefficient (Wildman–Crippen LogP) is 1.51. The lowest BCUT2D eigenvalue weighted by molar-refractivity contribution is -0.222. The van der Waals surface area contributed by atoms with E-state index in [2.05, 4.69) is 5.32 Å². The summed E-state index contributed by atoms with van der Waals surface area (Å²) in [6.07, 6.45) is -4.62. The van der Waals surface area contributed by atoms with Crippen molar-refractivity contribution in [3.63, 3.8) is 0 Å². The molecule has 2 aliphatic heterocycles. The molecule has 8 heteroatoms. The maximum Gasteiger partial charge on any atom is 0.414 e. The number of piperidine rings is 1. The van der Waals surface area contributed by atoms with E-state index in [0.717, 1.165) is 12.8 Å². The second kappa shape index (κ2) is 6.83. The van der Waals surface area contributed by atoms with Crippen LogP contribution in [0.1, 0.15) is 25.7 Å². The Balaban J connectivity index is 1.71. The minimum absolute atomic E-state index is 0.0403. The first-order chi connectivity index (χ1) is 9.88. The van der Waals surface area contributed by atoms with Gasteiger partial charge in [-0.1, -0.05) is 0 Å². The number of halogens is 3. The van der Waals surface area contributed by atoms with Gasteiger partial charge in [0.2, 0.25) is 0 Å². The van der Waals surface area contributed by atoms with Crippen molar-refractivity contribution >= 4 is 6.03 Å². The van der Waals surface area contributed by atoms with E-state index >= 15 is 0 Å². The quantitative estimate of drug-likeness (QED) is 0.830. The highest BCUT2D eigenvalue weighted by molar-refractivity contribution is 5.74. The normalized spacial score (nSPS) is 25.9. The molecule has 2 N–H and O–H groups in total. The summed E-state index contributed by atoms with van der Waals surface area (Å²) in [5, 5.41) is 12.0. The molecule has 0 bridgehead atoms. The van der Waals surface area contributed by atoms with Gasteiger partial charge < -0.3 is 20.1 Å². The van der Waals surface area contributed by atoms with Crippen LogP contribution in [-0.2, 0) is 4.74 Å². The summed E-state index contributed by atoms with van der Waals surface area (Å²) in [6, 6.07) is -0.273. The first-order valence-electron chi connectivity index (χ1n) is 7.27. The van der Waals surface area contributed by atoms with Gasteiger partial charge >= 0.3 is 12.2 Å². The van der Waals surface area contributed by atoms with Crippen molar-refractivity contribution in [3.8, 4) is 0 Å². The molecule has 0 radical (unpaired) electrons. The molecule has 122 valence electrons. The largest absolute Gasteiger partial charge is 0.414 e. The highest BCUT2D eigenvalue weighted by Crippen LogP contribution is 2.31. The lowest BCUT2D eigenvalue weighted by atomic mass is 9.91. The Morgan fingerprint density at radius 1 is 1.33 bits per heavy atom. The third-order valence-corrected chi connectivity index (χ3v) is 4.11. The second-order valence-corrected chi connectivity index (χ2v) is 5.63. The molecular formula is C13H21F3N2O3. The van der Waals surface area contributed by atoms with Crippen LogP contribution in [0.15, 0.2) is 0 Å². The lowest BCUT2D eigenvalue weighted by Crippen LogP contribution is -2.49. The number of rotatable bonds is 3. The number of ether oxygens (including phenoxy) is 1. The molecule has 0 unspecified atom stereocenters. The van der Waals surface area contributed by atoms with Crippen LogP contribution >= 0.6 is 0 Å². The van der Waals surface area contributed by atoms with E-state index in [1.54, 1.807) is 0 Å². The van der Waals surface area contributed by atoms with Crippen LogP contribution < -0.4 is 5.32 Å². The monoisotopic (exact) mass is 310 g/mol. The Labute approximate surface area is 121 Å². The minimum Gasteiger partial charge on any atom is -0.383 e. The van der Waals surface area contributed by atoms with Crippen molar-refractivity contribution < 1.29 is 27.8 Å². The molecule has 2 amide bonds. The van der Waals surface area contributed by atoms with Crippen LogP contribution in [0, 0.1) is 5.92 Å². The van der Waals surface area contributed by atoms with E-state index in [9.17, 15) is 23.1 Å². The standard InChI is InChI=1S/C13H21F3N2O3/c14-13(15,16)11(19)9-3-5-18(6-4-9)12(20)17-8-10-2-1-7-21-10/h9-11,19H,1-8H2,(H,17,20)/t10-,11+/m1/s1. The van der Waals surface area contributed by atoms with Crippen molar-refractivity contribution in [3.05, 3.63) is 0 Å². The topological polar surface area (TPSA) is 61.8 Å². The number of aliphatic hydroxyl groups excluding tert-OH is 1. The predicted molar refractivity (Wildman–Crippen MR) is 68.7 cm³/mol. The number of urea groups is 1. The number of aliphatic hydroxyl groups is 1. The molecule has 2 saturated heterocycles. The number of likely N-dealkylation sites (tertiary alicyclic amines) is 1. The van der Waals surface area contributed by atoms with E-state index in [1.165, 1.54) is 4.90 Å². The van der Waals surface area contributed by atoms with Gasteiger partial charge in [-0.2, -0.15) is 13.2 Å². The molecule has 0 aromatic heterocycles. The fourth-order valence-corrected chi connectivity index (χ4v) is 2.80. The second-order valence-electron chi connectivity index (χ2n) is 5.63. The van der Waals surface area contributed by atoms with Crippen LogP contribution in [0.2, 0.25) is 0 Å². The van der Waals surface area contributed by atoms with Gasteiger partial charge in [-0.05, 0) is 31.6 Å². The maximum absolute atomic E-state index is 12.4. The Morgan fingerprint density at radius 2 is 2.00 bits per heavy atom. The fourth-order valence-electron chi connectivity index (χ4n) is 2.80. The van der Waals surface area contributed by atoms with Crippen molar-refractivity contribution in [2.75, 3.05) is 26.2 Å². The van der Waals surface area contributed by atoms with E-state index in [0.29, 0.717) is 13.2 Å². The molecule has 2 atom stereocenters. The summed E-state index contributed by atoms with van der Waals surface area (Å²) < 4.78 is 42.7. The Morgan fingerprint density at radius 3 is 2.52 bits per heavy atom. The Bertz CT molecular complexity index is 351. The number of hydrogen-bond acceptors (Lipinski definition) is 3. The van der Waals surface area contributed by atoms with Gasteiger partial charge in [0.25, 0.3) is 0 Å². The molecule has 0 spiro atoms. The van der Waals surface area contributed by atoms with Gasteiger partial charge in [0.15, 0.2) is 6.10 Å². The molecule has 0 aromatic rings. The van der Waals surface area contributed by atoms with Crippen molar-refractivity contribution in [1.29, 1.82) is 0 Å². The fraction of sp³-hybridized carbons (Fsp3) is 0.923. The molecule has 5 nitrogen and oxygen atoms in total. The van der Waals surface area contributed by atoms with E-state index in [4.69, 9.17) is 4.74 Å². The average Bonchev–Trinajstić information content (AvgIpc) is 2.96. The zero-order chi connectivity index (χ0) is 15.5. The third kappa shape index (κ3) is 4.47. The maximum atomic E-state index is 12.4. The summed E-state index contributed by atoms with van der Waals surface area (Å²) in [6.45, 7) is 1.61. The number of hydrogen-bond donors (Lipinski definition) is 2. The molecular weight excluding hydrogens is 289 g/mol. The van der Waals surface area contributed by atoms with Gasteiger partial charge in [0, 0.05) is 26.2 Å². The van der Waals surface area contributed by atoms with Crippen LogP contribution in [0.25, 0.3) is 0 Å². The van der Waals surface area contributed by atoms with Crippen LogP contribution in [0.4, 0.5) is 18.0 Å². The summed E-state index contributed by atoms with van der Waals surface area (Å²) in [7, 11) is 0. The average molecular weight is 310 g/mol. The summed E-state index contributed by atoms with van der Waals surface area (Å²) in [5.74, 6) is -0.827. The van der Waals surface area contributed by atoms with Gasteiger partial charge in [-0.3, -0.25) is 0 Å². The smallest absolute Gasteiger partial charge is 0.383 e. The van der Waals surface area contributed by atoms with Gasteiger partial charge in [-0.15, -0.1) is 0 Å². The van der Waals surface area contributed by atoms with Crippen molar-refractivity contribution in [2.45, 2.75) is 44.1 Å². The molecule has 2 heterocycles. The number of carbonyl (C=O) groups is 1. The number of carbonyl (C=O) groups excluding carboxylic acids is 1. The minimum atomic E-state index is -4.59. The molecule has 2 aliphatic rings. The molecule has 0 aliphatic carbocycles. The molecule has 2 rings (SSSR count). The summed E-state index contributed by atoms with van der Waals surface area (Å²) in [5.41, 5.74) is 0. The van der Waals surface area contributed by atoms with Gasteiger partial charge in [0.1, 0.15) is 0 Å². The summed E-state index contributed by atoms with van der Waals surface area (Å²) >= 11 is 0. The lowest BCUT2D eigenvalue weighted by Gasteiger charge is -2.34. The molecule has 2 fully saturated rings. The SMILES string of the molecule is O=C(NC[C@H]1CCCO1)N1CCC([C@H](O)C(F)(F)F)CC1. The number of alkyl halides is 3. The van der Waals surface area contributed by atoms with Crippen LogP contribution in [0.3, 0.4) is 0 Å². The van der Waals surface area contributed by atoms with E-state index in [1.807, 2.05) is 0 Å². The zero-order valence-electron chi connectivity index (χ0n) is 11.7. The third-order valence-electron chi connectivity index (χ3n) is 4.11. The van der Waals surface area contributed by atoms with E-state index < -0.39 is 18.2 Å². The number of nitrogens with one attached hydrogen (secondary N) is 1. The number of amides is 2. The first-order valence-corrected chi connectivity index (χ1v) is 7.27. The van der Waals surface area contributed by atoms with Crippen molar-refractivity contribution in [1.82, 2.24) is 10.2 Å². The molecule has 0 saturated carbocycles. The highest BCUT2D eigenvalue weighted by Gasteiger charge is 2.44. The Hall–Kier alpha value is -1.02. The first kappa shape index (κ1) is 16.4. The zero-order valence-corrected chi connectivity index (χ0v) is 11.7.